The van der Waals surface area contributed by atoms with E-state index in [2.05, 4.69) is 45.8 Å². The summed E-state index contributed by atoms with van der Waals surface area (Å²) in [5, 5.41) is 0.982. The van der Waals surface area contributed by atoms with Gasteiger partial charge in [0.05, 0.1) is 5.52 Å². The summed E-state index contributed by atoms with van der Waals surface area (Å²) in [6.07, 6.45) is 3.38. The largest absolute Gasteiger partial charge is 0.313 e. The molecule has 1 nitrogen and oxygen atoms in total. The first-order valence-corrected chi connectivity index (χ1v) is 11.4. The van der Waals surface area contributed by atoms with Crippen LogP contribution in [0.5, 0.6) is 0 Å². The first kappa shape index (κ1) is 23.2. The summed E-state index contributed by atoms with van der Waals surface area (Å²) in [4.78, 5) is 0. The van der Waals surface area contributed by atoms with Crippen LogP contribution in [0.1, 0.15) is 82.5 Å². The second-order valence-corrected chi connectivity index (χ2v) is 9.30. The van der Waals surface area contributed by atoms with Crippen molar-refractivity contribution in [1.82, 2.24) is 4.57 Å². The molecule has 1 fully saturated rings. The molecule has 0 radical (unpaired) electrons. The number of nitrogens with zero attached hydrogens (tertiary/aromatic N) is 1. The normalized spacial score (nSPS) is 18.0. The first-order chi connectivity index (χ1) is 14.7. The lowest BCUT2D eigenvalue weighted by atomic mass is 9.68. The molecule has 1 aliphatic carbocycles. The van der Waals surface area contributed by atoms with Crippen LogP contribution in [0, 0.1) is 24.5 Å². The molecule has 0 atom stereocenters. The molecule has 1 aliphatic rings. The van der Waals surface area contributed by atoms with Crippen molar-refractivity contribution in [3.05, 3.63) is 77.0 Å². The Kier molecular flexibility index (Phi) is 7.03. The van der Waals surface area contributed by atoms with Crippen LogP contribution in [0.2, 0.25) is 0 Å². The van der Waals surface area contributed by atoms with Crippen LogP contribution in [0.15, 0.2) is 48.6 Å². The smallest absolute Gasteiger partial charge is 0.126 e. The van der Waals surface area contributed by atoms with Gasteiger partial charge in [-0.25, -0.2) is 8.78 Å². The zero-order valence-corrected chi connectivity index (χ0v) is 19.7. The van der Waals surface area contributed by atoms with E-state index in [9.17, 15) is 8.78 Å². The number of halogens is 2. The summed E-state index contributed by atoms with van der Waals surface area (Å²) >= 11 is 0. The average Bonchev–Trinajstić information content (AvgIpc) is 2.97. The molecule has 0 N–H and O–H groups in total. The van der Waals surface area contributed by atoms with Crippen molar-refractivity contribution >= 4 is 10.9 Å². The predicted octanol–water partition coefficient (Wildman–Crippen LogP) is 8.83. The van der Waals surface area contributed by atoms with Crippen LogP contribution in [0.25, 0.3) is 16.6 Å². The van der Waals surface area contributed by atoms with Crippen LogP contribution in [0.3, 0.4) is 0 Å². The third kappa shape index (κ3) is 4.46. The molecule has 1 aromatic heterocycles. The number of aromatic nitrogens is 1. The van der Waals surface area contributed by atoms with Gasteiger partial charge in [0.1, 0.15) is 11.6 Å². The molecule has 4 rings (SSSR count). The molecule has 0 unspecified atom stereocenters. The number of fused-ring (bicyclic) bond motifs is 1. The summed E-state index contributed by atoms with van der Waals surface area (Å²) < 4.78 is 30.3. The van der Waals surface area contributed by atoms with Gasteiger partial charge in [-0.2, -0.15) is 0 Å². The van der Waals surface area contributed by atoms with Gasteiger partial charge in [0.25, 0.3) is 0 Å². The second kappa shape index (κ2) is 9.38. The molecule has 0 aliphatic heterocycles. The van der Waals surface area contributed by atoms with Gasteiger partial charge in [-0.05, 0) is 92.0 Å². The van der Waals surface area contributed by atoms with Crippen molar-refractivity contribution in [1.29, 1.82) is 0 Å². The maximum absolute atomic E-state index is 14.2. The molecule has 166 valence electrons. The lowest BCUT2D eigenvalue weighted by Gasteiger charge is -2.37. The molecular formula is C28H35F2N. The minimum Gasteiger partial charge on any atom is -0.313 e. The zero-order chi connectivity index (χ0) is 22.9. The highest BCUT2D eigenvalue weighted by atomic mass is 19.1. The number of hydrogen-bond donors (Lipinski definition) is 0. The fourth-order valence-electron chi connectivity index (χ4n) is 4.61. The first-order valence-electron chi connectivity index (χ1n) is 11.4. The molecule has 1 heterocycles. The maximum atomic E-state index is 14.2. The Morgan fingerprint density at radius 3 is 2.29 bits per heavy atom. The minimum absolute atomic E-state index is 0.208. The van der Waals surface area contributed by atoms with E-state index in [-0.39, 0.29) is 17.6 Å². The van der Waals surface area contributed by atoms with Gasteiger partial charge >= 0.3 is 0 Å². The van der Waals surface area contributed by atoms with Gasteiger partial charge in [-0.3, -0.25) is 0 Å². The van der Waals surface area contributed by atoms with Crippen molar-refractivity contribution in [3.63, 3.8) is 0 Å². The fraction of sp³-hybridized carbons (Fsp3) is 0.429. The predicted molar refractivity (Wildman–Crippen MR) is 128 cm³/mol. The molecule has 0 saturated heterocycles. The van der Waals surface area contributed by atoms with E-state index in [4.69, 9.17) is 0 Å². The Morgan fingerprint density at radius 1 is 1.10 bits per heavy atom. The van der Waals surface area contributed by atoms with Crippen LogP contribution in [-0.2, 0) is 0 Å². The SMILES string of the molecule is C=C(C)C1CC(c2c(C(C)C)n(-c3ccc(F)c(C)c3)c3ccc(F)cc23)C1.CCC. The number of hydrogen-bond acceptors (Lipinski definition) is 0. The van der Waals surface area contributed by atoms with Gasteiger partial charge in [-0.1, -0.05) is 46.3 Å². The highest BCUT2D eigenvalue weighted by Gasteiger charge is 2.36. The van der Waals surface area contributed by atoms with E-state index in [1.54, 1.807) is 13.0 Å². The Labute approximate surface area is 185 Å². The van der Waals surface area contributed by atoms with Gasteiger partial charge in [-0.15, -0.1) is 0 Å². The van der Waals surface area contributed by atoms with Gasteiger partial charge in [0.15, 0.2) is 0 Å². The highest BCUT2D eigenvalue weighted by molar-refractivity contribution is 5.88. The molecule has 3 aromatic rings. The standard InChI is InChI=1S/C25H27F2N.C3H8/c1-14(2)17-11-18(12-17)24-21-13-19(26)6-9-23(21)28(25(24)15(3)4)20-7-8-22(27)16(5)10-20;1-3-2/h6-10,13,15,17-18H,1,11-12H2,2-5H3;3H2,1-2H3. The number of rotatable bonds is 4. The fourth-order valence-corrected chi connectivity index (χ4v) is 4.61. The Morgan fingerprint density at radius 2 is 1.74 bits per heavy atom. The monoisotopic (exact) mass is 423 g/mol. The molecule has 1 saturated carbocycles. The summed E-state index contributed by atoms with van der Waals surface area (Å²) in [6, 6.07) is 10.2. The number of benzene rings is 2. The Hall–Kier alpha value is -2.42. The molecular weight excluding hydrogens is 388 g/mol. The van der Waals surface area contributed by atoms with Crippen molar-refractivity contribution in [2.45, 2.75) is 72.6 Å². The summed E-state index contributed by atoms with van der Waals surface area (Å²) in [5.74, 6) is 0.795. The molecule has 3 heteroatoms. The molecule has 2 aromatic carbocycles. The number of allylic oxidation sites excluding steroid dienone is 1. The van der Waals surface area contributed by atoms with Crippen LogP contribution >= 0.6 is 0 Å². The molecule has 31 heavy (non-hydrogen) atoms. The lowest BCUT2D eigenvalue weighted by molar-refractivity contribution is 0.307. The van der Waals surface area contributed by atoms with Gasteiger partial charge in [0.2, 0.25) is 0 Å². The summed E-state index contributed by atoms with van der Waals surface area (Å²) in [5.41, 5.74) is 6.22. The lowest BCUT2D eigenvalue weighted by Crippen LogP contribution is -2.23. The van der Waals surface area contributed by atoms with E-state index < -0.39 is 0 Å². The molecule has 0 bridgehead atoms. The van der Waals surface area contributed by atoms with E-state index >= 15 is 0 Å². The van der Waals surface area contributed by atoms with Crippen LogP contribution in [0.4, 0.5) is 8.78 Å². The number of aryl methyl sites for hydroxylation is 1. The Bertz CT molecular complexity index is 1080. The van der Waals surface area contributed by atoms with E-state index in [0.29, 0.717) is 17.4 Å². The second-order valence-electron chi connectivity index (χ2n) is 9.30. The van der Waals surface area contributed by atoms with Crippen LogP contribution < -0.4 is 0 Å². The average molecular weight is 424 g/mol. The highest BCUT2D eigenvalue weighted by Crippen LogP contribution is 2.50. The molecule has 0 spiro atoms. The van der Waals surface area contributed by atoms with E-state index in [1.807, 2.05) is 18.2 Å². The van der Waals surface area contributed by atoms with Gasteiger partial charge in [0, 0.05) is 16.8 Å². The third-order valence-electron chi connectivity index (χ3n) is 6.20. The Balaban J connectivity index is 0.000000858. The van der Waals surface area contributed by atoms with Gasteiger partial charge < -0.3 is 4.57 Å². The van der Waals surface area contributed by atoms with E-state index in [0.717, 1.165) is 29.4 Å². The zero-order valence-electron chi connectivity index (χ0n) is 19.7. The molecule has 0 amide bonds. The maximum Gasteiger partial charge on any atom is 0.126 e. The van der Waals surface area contributed by atoms with Crippen molar-refractivity contribution in [3.8, 4) is 5.69 Å². The summed E-state index contributed by atoms with van der Waals surface area (Å²) in [6.45, 7) is 16.6. The van der Waals surface area contributed by atoms with Crippen molar-refractivity contribution in [2.24, 2.45) is 5.92 Å². The van der Waals surface area contributed by atoms with Crippen LogP contribution in [-0.4, -0.2) is 4.57 Å². The minimum atomic E-state index is -0.215. The van der Waals surface area contributed by atoms with E-state index in [1.165, 1.54) is 35.4 Å². The third-order valence-corrected chi connectivity index (χ3v) is 6.20. The van der Waals surface area contributed by atoms with Crippen molar-refractivity contribution < 1.29 is 8.78 Å². The topological polar surface area (TPSA) is 4.93 Å². The van der Waals surface area contributed by atoms with Crippen molar-refractivity contribution in [2.75, 3.05) is 0 Å². The quantitative estimate of drug-likeness (QED) is 0.369. The summed E-state index contributed by atoms with van der Waals surface area (Å²) in [7, 11) is 0.